The van der Waals surface area contributed by atoms with Crippen molar-refractivity contribution >= 4 is 0 Å². The number of rotatable bonds is 9. The number of benzene rings is 2. The molecular weight excluding hydrogens is 482 g/mol. The highest BCUT2D eigenvalue weighted by Crippen LogP contribution is 2.48. The monoisotopic (exact) mass is 526 g/mol. The number of halogens is 2. The highest BCUT2D eigenvalue weighted by molar-refractivity contribution is 5.35. The van der Waals surface area contributed by atoms with Crippen molar-refractivity contribution in [2.45, 2.75) is 96.0 Å². The summed E-state index contributed by atoms with van der Waals surface area (Å²) in [5, 5.41) is 0. The molecule has 3 saturated carbocycles. The summed E-state index contributed by atoms with van der Waals surface area (Å²) in [4.78, 5) is 0. The highest BCUT2D eigenvalue weighted by atomic mass is 19.2. The molecule has 2 aromatic carbocycles. The lowest BCUT2D eigenvalue weighted by Crippen LogP contribution is -2.32. The molecule has 3 nitrogen and oxygen atoms in total. The van der Waals surface area contributed by atoms with E-state index in [1.807, 2.05) is 0 Å². The third-order valence-corrected chi connectivity index (χ3v) is 9.46. The first-order chi connectivity index (χ1) is 18.6. The van der Waals surface area contributed by atoms with Crippen molar-refractivity contribution < 1.29 is 23.0 Å². The lowest BCUT2D eigenvalue weighted by Gasteiger charge is -2.42. The molecule has 4 unspecified atom stereocenters. The quantitative estimate of drug-likeness (QED) is 0.327. The summed E-state index contributed by atoms with van der Waals surface area (Å²) in [6.45, 7) is 5.41. The van der Waals surface area contributed by atoms with E-state index >= 15 is 0 Å². The van der Waals surface area contributed by atoms with Crippen LogP contribution < -0.4 is 9.47 Å². The first kappa shape index (κ1) is 27.4. The Morgan fingerprint density at radius 3 is 1.87 bits per heavy atom. The van der Waals surface area contributed by atoms with E-state index in [9.17, 15) is 8.78 Å². The van der Waals surface area contributed by atoms with Crippen molar-refractivity contribution in [1.82, 2.24) is 0 Å². The molecule has 0 saturated heterocycles. The Morgan fingerprint density at radius 1 is 0.632 bits per heavy atom. The molecule has 5 rings (SSSR count). The summed E-state index contributed by atoms with van der Waals surface area (Å²) in [7, 11) is 0. The van der Waals surface area contributed by atoms with Gasteiger partial charge in [-0.25, -0.2) is 0 Å². The summed E-state index contributed by atoms with van der Waals surface area (Å²) in [5.74, 6) is 1.24. The Morgan fingerprint density at radius 2 is 1.21 bits per heavy atom. The molecule has 0 N–H and O–H groups in total. The molecule has 4 atom stereocenters. The Hall–Kier alpha value is -2.14. The van der Waals surface area contributed by atoms with Crippen molar-refractivity contribution in [3.63, 3.8) is 0 Å². The zero-order valence-electron chi connectivity index (χ0n) is 23.1. The molecule has 0 amide bonds. The molecule has 0 heterocycles. The molecule has 3 aliphatic rings. The topological polar surface area (TPSA) is 27.7 Å². The van der Waals surface area contributed by atoms with E-state index < -0.39 is 11.6 Å². The maximum absolute atomic E-state index is 14.4. The molecule has 0 aliphatic heterocycles. The maximum Gasteiger partial charge on any atom is 0.204 e. The lowest BCUT2D eigenvalue weighted by molar-refractivity contribution is 0.0328. The van der Waals surface area contributed by atoms with Gasteiger partial charge in [-0.3, -0.25) is 0 Å². The molecule has 0 bridgehead atoms. The molecule has 2 aromatic rings. The van der Waals surface area contributed by atoms with Crippen molar-refractivity contribution in [1.29, 1.82) is 0 Å². The number of hydrogen-bond acceptors (Lipinski definition) is 3. The number of fused-ring (bicyclic) bond motifs is 1. The maximum atomic E-state index is 14.4. The van der Waals surface area contributed by atoms with Gasteiger partial charge < -0.3 is 14.2 Å². The summed E-state index contributed by atoms with van der Waals surface area (Å²) in [6, 6.07) is 12.5. The second kappa shape index (κ2) is 12.8. The van der Waals surface area contributed by atoms with Gasteiger partial charge in [0.25, 0.3) is 0 Å². The van der Waals surface area contributed by atoms with Crippen molar-refractivity contribution in [2.24, 2.45) is 17.8 Å². The van der Waals surface area contributed by atoms with E-state index in [4.69, 9.17) is 14.2 Å². The van der Waals surface area contributed by atoms with Crippen molar-refractivity contribution in [2.75, 3.05) is 19.8 Å². The third-order valence-electron chi connectivity index (χ3n) is 9.46. The van der Waals surface area contributed by atoms with Crippen molar-refractivity contribution in [3.05, 3.63) is 59.2 Å². The van der Waals surface area contributed by atoms with Gasteiger partial charge in [-0.15, -0.1) is 0 Å². The van der Waals surface area contributed by atoms with Gasteiger partial charge in [0.15, 0.2) is 11.5 Å². The second-order valence-corrected chi connectivity index (χ2v) is 11.7. The minimum Gasteiger partial charge on any atom is -0.491 e. The van der Waals surface area contributed by atoms with Gasteiger partial charge in [-0.2, -0.15) is 8.78 Å². The Labute approximate surface area is 227 Å². The van der Waals surface area contributed by atoms with Crippen LogP contribution in [-0.4, -0.2) is 25.9 Å². The van der Waals surface area contributed by atoms with Crippen LogP contribution in [0.5, 0.6) is 11.5 Å². The van der Waals surface area contributed by atoms with Crippen LogP contribution in [0.1, 0.15) is 101 Å². The minimum atomic E-state index is -0.964. The van der Waals surface area contributed by atoms with Gasteiger partial charge in [0, 0.05) is 6.61 Å². The van der Waals surface area contributed by atoms with Crippen LogP contribution >= 0.6 is 0 Å². The van der Waals surface area contributed by atoms with Gasteiger partial charge in [-0.1, -0.05) is 24.3 Å². The van der Waals surface area contributed by atoms with Crippen LogP contribution in [0.3, 0.4) is 0 Å². The van der Waals surface area contributed by atoms with Crippen LogP contribution in [-0.2, 0) is 4.74 Å². The summed E-state index contributed by atoms with van der Waals surface area (Å²) in [5.41, 5.74) is 3.01. The van der Waals surface area contributed by atoms with Gasteiger partial charge in [0.1, 0.15) is 0 Å². The first-order valence-electron chi connectivity index (χ1n) is 15.0. The van der Waals surface area contributed by atoms with E-state index in [0.717, 1.165) is 31.3 Å². The number of hydrogen-bond donors (Lipinski definition) is 0. The lowest BCUT2D eigenvalue weighted by atomic mass is 9.64. The smallest absolute Gasteiger partial charge is 0.204 e. The van der Waals surface area contributed by atoms with Crippen LogP contribution in [0.25, 0.3) is 0 Å². The van der Waals surface area contributed by atoms with Crippen LogP contribution in [0.15, 0.2) is 36.4 Å². The predicted molar refractivity (Wildman–Crippen MR) is 147 cm³/mol. The predicted octanol–water partition coefficient (Wildman–Crippen LogP) is 8.81. The van der Waals surface area contributed by atoms with Gasteiger partial charge >= 0.3 is 0 Å². The summed E-state index contributed by atoms with van der Waals surface area (Å²) < 4.78 is 45.3. The zero-order chi connectivity index (χ0) is 26.5. The Balaban J connectivity index is 1.09. The average molecular weight is 527 g/mol. The van der Waals surface area contributed by atoms with E-state index in [1.54, 1.807) is 6.92 Å². The standard InChI is InChI=1S/C33H44F2O3/c1-3-36-29-15-13-24(14-16-29)23-7-9-25(10-8-23)27-12-11-26-19-22(5-6-28(26)20-27)21-38-31-18-17-30(37-4-2)32(34)33(31)35/h7-10,17-18,22,24,26-29H,3-6,11-16,19-21H2,1-2H3. The summed E-state index contributed by atoms with van der Waals surface area (Å²) >= 11 is 0. The zero-order valence-corrected chi connectivity index (χ0v) is 23.1. The van der Waals surface area contributed by atoms with Crippen molar-refractivity contribution in [3.8, 4) is 11.5 Å². The fourth-order valence-corrected chi connectivity index (χ4v) is 7.38. The second-order valence-electron chi connectivity index (χ2n) is 11.7. The summed E-state index contributed by atoms with van der Waals surface area (Å²) in [6.07, 6.45) is 12.5. The minimum absolute atomic E-state index is 0.0115. The average Bonchev–Trinajstić information content (AvgIpc) is 2.95. The molecule has 0 spiro atoms. The largest absolute Gasteiger partial charge is 0.491 e. The Kier molecular flexibility index (Phi) is 9.24. The molecule has 208 valence electrons. The SMILES string of the molecule is CCOc1ccc(OCC2CCC3CC(c4ccc(C5CCC(OCC)CC5)cc4)CCC3C2)c(F)c1F. The van der Waals surface area contributed by atoms with E-state index in [0.29, 0.717) is 37.1 Å². The fourth-order valence-electron chi connectivity index (χ4n) is 7.38. The van der Waals surface area contributed by atoms with Crippen LogP contribution in [0.2, 0.25) is 0 Å². The highest BCUT2D eigenvalue weighted by Gasteiger charge is 2.36. The molecule has 0 radical (unpaired) electrons. The molecule has 5 heteroatoms. The molecule has 3 aliphatic carbocycles. The van der Waals surface area contributed by atoms with E-state index in [-0.39, 0.29) is 11.5 Å². The molecule has 3 fully saturated rings. The third kappa shape index (κ3) is 6.35. The van der Waals surface area contributed by atoms with Gasteiger partial charge in [-0.05, 0) is 131 Å². The normalized spacial score (nSPS) is 29.5. The van der Waals surface area contributed by atoms with Crippen LogP contribution in [0.4, 0.5) is 8.78 Å². The van der Waals surface area contributed by atoms with Crippen LogP contribution in [0, 0.1) is 29.4 Å². The molecule has 38 heavy (non-hydrogen) atoms. The Bertz CT molecular complexity index is 1030. The molecule has 0 aromatic heterocycles. The fraction of sp³-hybridized carbons (Fsp3) is 0.636. The van der Waals surface area contributed by atoms with E-state index in [2.05, 4.69) is 31.2 Å². The first-order valence-corrected chi connectivity index (χ1v) is 15.0. The molecular formula is C33H44F2O3. The van der Waals surface area contributed by atoms with E-state index in [1.165, 1.54) is 74.6 Å². The van der Waals surface area contributed by atoms with Gasteiger partial charge in [0.05, 0.1) is 19.3 Å². The van der Waals surface area contributed by atoms with Gasteiger partial charge in [0.2, 0.25) is 11.6 Å². The number of ether oxygens (including phenoxy) is 3.